The first-order chi connectivity index (χ1) is 11.2. The zero-order chi connectivity index (χ0) is 17.9. The maximum absolute atomic E-state index is 13.6. The van der Waals surface area contributed by atoms with Crippen molar-refractivity contribution in [3.05, 3.63) is 46.8 Å². The van der Waals surface area contributed by atoms with E-state index in [1.54, 1.807) is 20.8 Å². The minimum absolute atomic E-state index is 0.145. The summed E-state index contributed by atoms with van der Waals surface area (Å²) >= 11 is 0. The Kier molecular flexibility index (Phi) is 5.33. The Morgan fingerprint density at radius 1 is 1.17 bits per heavy atom. The Morgan fingerprint density at radius 2 is 1.79 bits per heavy atom. The first kappa shape index (κ1) is 18.1. The molecule has 130 valence electrons. The van der Waals surface area contributed by atoms with Crippen LogP contribution in [0.1, 0.15) is 23.9 Å². The molecule has 24 heavy (non-hydrogen) atoms. The van der Waals surface area contributed by atoms with Gasteiger partial charge in [0.1, 0.15) is 11.6 Å². The number of nitrogens with zero attached hydrogens (tertiary/aromatic N) is 2. The summed E-state index contributed by atoms with van der Waals surface area (Å²) < 4.78 is 58.8. The van der Waals surface area contributed by atoms with Gasteiger partial charge < -0.3 is 4.74 Å². The maximum Gasteiger partial charge on any atom is 0.316 e. The summed E-state index contributed by atoms with van der Waals surface area (Å²) in [6.45, 7) is 5.34. The third-order valence-electron chi connectivity index (χ3n) is 3.13. The fraction of sp³-hybridized carbons (Fsp3) is 0.333. The van der Waals surface area contributed by atoms with Crippen LogP contribution in [-0.2, 0) is 15.8 Å². The fourth-order valence-corrected chi connectivity index (χ4v) is 3.39. The number of benzene rings is 1. The van der Waals surface area contributed by atoms with E-state index < -0.39 is 27.4 Å². The standard InChI is InChI=1S/C15H17F2N3O3S/c1-4-23-15-18-9(2)14(10(3)19-15)20-24(21,22)8-11-7-12(16)5-6-13(11)17/h5-7,20H,4,8H2,1-3H3. The predicted octanol–water partition coefficient (Wildman–Crippen LogP) is 2.71. The molecule has 0 amide bonds. The molecule has 6 nitrogen and oxygen atoms in total. The number of aryl methyl sites for hydroxylation is 2. The van der Waals surface area contributed by atoms with Gasteiger partial charge in [0.2, 0.25) is 10.0 Å². The lowest BCUT2D eigenvalue weighted by molar-refractivity contribution is 0.311. The molecule has 0 aliphatic rings. The third-order valence-corrected chi connectivity index (χ3v) is 4.34. The maximum atomic E-state index is 13.6. The fourth-order valence-electron chi connectivity index (χ4n) is 2.08. The number of nitrogens with one attached hydrogen (secondary N) is 1. The molecule has 0 unspecified atom stereocenters. The molecule has 1 heterocycles. The smallest absolute Gasteiger partial charge is 0.316 e. The average molecular weight is 357 g/mol. The van der Waals surface area contributed by atoms with Gasteiger partial charge >= 0.3 is 6.01 Å². The molecule has 1 N–H and O–H groups in total. The highest BCUT2D eigenvalue weighted by atomic mass is 32.2. The summed E-state index contributed by atoms with van der Waals surface area (Å²) in [6, 6.07) is 2.80. The van der Waals surface area contributed by atoms with Crippen molar-refractivity contribution in [1.82, 2.24) is 9.97 Å². The zero-order valence-corrected chi connectivity index (χ0v) is 14.2. The second-order valence-corrected chi connectivity index (χ2v) is 6.80. The number of sulfonamides is 1. The first-order valence-corrected chi connectivity index (χ1v) is 8.79. The van der Waals surface area contributed by atoms with Crippen molar-refractivity contribution in [2.75, 3.05) is 11.3 Å². The summed E-state index contributed by atoms with van der Waals surface area (Å²) in [5.41, 5.74) is 0.670. The Morgan fingerprint density at radius 3 is 2.38 bits per heavy atom. The van der Waals surface area contributed by atoms with Crippen LogP contribution < -0.4 is 9.46 Å². The molecule has 1 aromatic heterocycles. The highest BCUT2D eigenvalue weighted by Gasteiger charge is 2.19. The van der Waals surface area contributed by atoms with Crippen LogP contribution in [0, 0.1) is 25.5 Å². The van der Waals surface area contributed by atoms with Crippen molar-refractivity contribution >= 4 is 15.7 Å². The Hall–Kier alpha value is -2.29. The van der Waals surface area contributed by atoms with Gasteiger partial charge in [-0.3, -0.25) is 4.72 Å². The van der Waals surface area contributed by atoms with E-state index in [9.17, 15) is 17.2 Å². The summed E-state index contributed by atoms with van der Waals surface area (Å²) in [5, 5.41) is 0. The second kappa shape index (κ2) is 7.08. The van der Waals surface area contributed by atoms with Gasteiger partial charge in [-0.2, -0.15) is 9.97 Å². The second-order valence-electron chi connectivity index (χ2n) is 5.08. The minimum Gasteiger partial charge on any atom is -0.464 e. The molecule has 2 rings (SSSR count). The van der Waals surface area contributed by atoms with Gasteiger partial charge in [0.15, 0.2) is 0 Å². The molecule has 0 atom stereocenters. The number of hydrogen-bond acceptors (Lipinski definition) is 5. The minimum atomic E-state index is -3.97. The molecular weight excluding hydrogens is 340 g/mol. The van der Waals surface area contributed by atoms with E-state index in [-0.39, 0.29) is 17.3 Å². The van der Waals surface area contributed by atoms with Gasteiger partial charge in [-0.1, -0.05) is 0 Å². The topological polar surface area (TPSA) is 81.2 Å². The van der Waals surface area contributed by atoms with E-state index in [0.29, 0.717) is 18.0 Å². The average Bonchev–Trinajstić information content (AvgIpc) is 2.47. The predicted molar refractivity (Wildman–Crippen MR) is 85.3 cm³/mol. The molecule has 2 aromatic rings. The number of hydrogen-bond donors (Lipinski definition) is 1. The summed E-state index contributed by atoms with van der Waals surface area (Å²) in [7, 11) is -3.97. The summed E-state index contributed by atoms with van der Waals surface area (Å²) in [6.07, 6.45) is 0. The molecule has 0 fully saturated rings. The Bertz CT molecular complexity index is 834. The zero-order valence-electron chi connectivity index (χ0n) is 13.4. The van der Waals surface area contributed by atoms with Crippen LogP contribution in [-0.4, -0.2) is 25.0 Å². The number of halogens is 2. The molecule has 0 aliphatic heterocycles. The normalized spacial score (nSPS) is 11.4. The third kappa shape index (κ3) is 4.38. The summed E-state index contributed by atoms with van der Waals surface area (Å²) in [4.78, 5) is 8.10. The number of ether oxygens (including phenoxy) is 1. The molecule has 0 saturated carbocycles. The van der Waals surface area contributed by atoms with Gasteiger partial charge in [-0.25, -0.2) is 17.2 Å². The van der Waals surface area contributed by atoms with Crippen LogP contribution in [0.5, 0.6) is 6.01 Å². The molecule has 1 aromatic carbocycles. The number of rotatable bonds is 6. The van der Waals surface area contributed by atoms with Crippen molar-refractivity contribution in [1.29, 1.82) is 0 Å². The highest BCUT2D eigenvalue weighted by Crippen LogP contribution is 2.22. The van der Waals surface area contributed by atoms with Crippen LogP contribution in [0.3, 0.4) is 0 Å². The van der Waals surface area contributed by atoms with Gasteiger partial charge in [-0.15, -0.1) is 0 Å². The molecule has 0 radical (unpaired) electrons. The Labute approximate surface area is 139 Å². The van der Waals surface area contributed by atoms with E-state index >= 15 is 0 Å². The van der Waals surface area contributed by atoms with E-state index in [1.165, 1.54) is 0 Å². The molecule has 9 heteroatoms. The van der Waals surface area contributed by atoms with Gasteiger partial charge in [0.25, 0.3) is 0 Å². The first-order valence-electron chi connectivity index (χ1n) is 7.14. The lowest BCUT2D eigenvalue weighted by Crippen LogP contribution is -2.18. The van der Waals surface area contributed by atoms with Gasteiger partial charge in [0.05, 0.1) is 29.4 Å². The van der Waals surface area contributed by atoms with Gasteiger partial charge in [-0.05, 0) is 39.0 Å². The molecule has 0 aliphatic carbocycles. The lowest BCUT2D eigenvalue weighted by atomic mass is 10.2. The molecular formula is C15H17F2N3O3S. The van der Waals surface area contributed by atoms with Crippen molar-refractivity contribution in [3.63, 3.8) is 0 Å². The van der Waals surface area contributed by atoms with Crippen molar-refractivity contribution < 1.29 is 21.9 Å². The van der Waals surface area contributed by atoms with E-state index in [1.807, 2.05) is 0 Å². The summed E-state index contributed by atoms with van der Waals surface area (Å²) in [5.74, 6) is -2.21. The van der Waals surface area contributed by atoms with Crippen molar-refractivity contribution in [3.8, 4) is 6.01 Å². The molecule has 0 saturated heterocycles. The van der Waals surface area contributed by atoms with Crippen molar-refractivity contribution in [2.24, 2.45) is 0 Å². The largest absolute Gasteiger partial charge is 0.464 e. The highest BCUT2D eigenvalue weighted by molar-refractivity contribution is 7.91. The van der Waals surface area contributed by atoms with Crippen molar-refractivity contribution in [2.45, 2.75) is 26.5 Å². The lowest BCUT2D eigenvalue weighted by Gasteiger charge is -2.13. The number of aromatic nitrogens is 2. The van der Waals surface area contributed by atoms with Crippen LogP contribution in [0.25, 0.3) is 0 Å². The molecule has 0 bridgehead atoms. The quantitative estimate of drug-likeness (QED) is 0.860. The number of anilines is 1. The van der Waals surface area contributed by atoms with Crippen LogP contribution in [0.15, 0.2) is 18.2 Å². The van der Waals surface area contributed by atoms with Crippen LogP contribution >= 0.6 is 0 Å². The van der Waals surface area contributed by atoms with E-state index in [0.717, 1.165) is 18.2 Å². The molecule has 0 spiro atoms. The monoisotopic (exact) mass is 357 g/mol. The SMILES string of the molecule is CCOc1nc(C)c(NS(=O)(=O)Cc2cc(F)ccc2F)c(C)n1. The van der Waals surface area contributed by atoms with Gasteiger partial charge in [0, 0.05) is 5.56 Å². The Balaban J connectivity index is 2.28. The van der Waals surface area contributed by atoms with Crippen LogP contribution in [0.4, 0.5) is 14.5 Å². The van der Waals surface area contributed by atoms with Crippen LogP contribution in [0.2, 0.25) is 0 Å². The van der Waals surface area contributed by atoms with E-state index in [4.69, 9.17) is 4.74 Å². The van der Waals surface area contributed by atoms with E-state index in [2.05, 4.69) is 14.7 Å².